The van der Waals surface area contributed by atoms with Crippen molar-refractivity contribution < 1.29 is 4.74 Å². The molecule has 0 unspecified atom stereocenters. The summed E-state index contributed by atoms with van der Waals surface area (Å²) in [6, 6.07) is 4.11. The number of hydrogen-bond donors (Lipinski definition) is 1. The number of nitrogens with zero attached hydrogens (tertiary/aromatic N) is 4. The van der Waals surface area contributed by atoms with E-state index in [0.29, 0.717) is 6.54 Å². The van der Waals surface area contributed by atoms with Crippen LogP contribution in [0.4, 0.5) is 11.6 Å². The summed E-state index contributed by atoms with van der Waals surface area (Å²) in [6.07, 6.45) is 6.89. The fraction of sp³-hybridized carbons (Fsp3) is 0.357. The molecule has 0 saturated carbocycles. The average molecular weight is 271 g/mol. The van der Waals surface area contributed by atoms with Crippen LogP contribution in [0.25, 0.3) is 0 Å². The Hall–Kier alpha value is -2.21. The molecule has 3 heterocycles. The van der Waals surface area contributed by atoms with Gasteiger partial charge in [0, 0.05) is 38.2 Å². The van der Waals surface area contributed by atoms with E-state index in [9.17, 15) is 0 Å². The third-order valence-corrected chi connectivity index (χ3v) is 3.18. The lowest BCUT2D eigenvalue weighted by molar-refractivity contribution is 0.122. The quantitative estimate of drug-likeness (QED) is 0.905. The van der Waals surface area contributed by atoms with E-state index < -0.39 is 0 Å². The van der Waals surface area contributed by atoms with Gasteiger partial charge in [-0.2, -0.15) is 0 Å². The van der Waals surface area contributed by atoms with Gasteiger partial charge in [0.2, 0.25) is 0 Å². The Morgan fingerprint density at radius 2 is 2.05 bits per heavy atom. The van der Waals surface area contributed by atoms with Crippen molar-refractivity contribution in [1.82, 2.24) is 15.0 Å². The zero-order valence-electron chi connectivity index (χ0n) is 11.2. The number of pyridine rings is 1. The summed E-state index contributed by atoms with van der Waals surface area (Å²) >= 11 is 0. The van der Waals surface area contributed by atoms with Gasteiger partial charge in [-0.25, -0.2) is 9.97 Å². The van der Waals surface area contributed by atoms with Crippen LogP contribution in [0.1, 0.15) is 5.56 Å². The first-order valence-electron chi connectivity index (χ1n) is 6.69. The minimum absolute atomic E-state index is 0.707. The standard InChI is InChI=1S/C14H17N5O/c1-2-17-14(19-5-7-20-8-6-19)9-12(1)10-18-13-11-15-3-4-16-13/h1-4,9,11H,5-8,10H2,(H,16,18). The Morgan fingerprint density at radius 1 is 1.15 bits per heavy atom. The van der Waals surface area contributed by atoms with Crippen LogP contribution in [-0.2, 0) is 11.3 Å². The minimum Gasteiger partial charge on any atom is -0.378 e. The molecular weight excluding hydrogens is 254 g/mol. The molecule has 1 aliphatic heterocycles. The van der Waals surface area contributed by atoms with Gasteiger partial charge in [0.25, 0.3) is 0 Å². The highest BCUT2D eigenvalue weighted by Crippen LogP contribution is 2.15. The predicted molar refractivity (Wildman–Crippen MR) is 76.6 cm³/mol. The van der Waals surface area contributed by atoms with E-state index in [1.165, 1.54) is 5.56 Å². The number of ether oxygens (including phenoxy) is 1. The van der Waals surface area contributed by atoms with Crippen LogP contribution < -0.4 is 10.2 Å². The van der Waals surface area contributed by atoms with Gasteiger partial charge in [-0.05, 0) is 17.7 Å². The van der Waals surface area contributed by atoms with Crippen molar-refractivity contribution in [3.05, 3.63) is 42.5 Å². The molecule has 1 fully saturated rings. The first-order chi connectivity index (χ1) is 9.92. The highest BCUT2D eigenvalue weighted by atomic mass is 16.5. The van der Waals surface area contributed by atoms with Gasteiger partial charge in [-0.3, -0.25) is 4.98 Å². The topological polar surface area (TPSA) is 63.2 Å². The third kappa shape index (κ3) is 3.21. The van der Waals surface area contributed by atoms with Gasteiger partial charge >= 0.3 is 0 Å². The molecule has 1 saturated heterocycles. The van der Waals surface area contributed by atoms with Gasteiger partial charge in [-0.1, -0.05) is 0 Å². The lowest BCUT2D eigenvalue weighted by Gasteiger charge is -2.28. The highest BCUT2D eigenvalue weighted by molar-refractivity contribution is 5.42. The minimum atomic E-state index is 0.707. The van der Waals surface area contributed by atoms with Gasteiger partial charge in [0.1, 0.15) is 11.6 Å². The first-order valence-corrected chi connectivity index (χ1v) is 6.69. The molecule has 20 heavy (non-hydrogen) atoms. The van der Waals surface area contributed by atoms with Crippen LogP contribution in [0.3, 0.4) is 0 Å². The molecule has 0 aliphatic carbocycles. The summed E-state index contributed by atoms with van der Waals surface area (Å²) in [5.41, 5.74) is 1.17. The number of nitrogens with one attached hydrogen (secondary N) is 1. The third-order valence-electron chi connectivity index (χ3n) is 3.18. The Balaban J connectivity index is 1.65. The molecule has 0 bridgehead atoms. The van der Waals surface area contributed by atoms with Crippen molar-refractivity contribution in [1.29, 1.82) is 0 Å². The summed E-state index contributed by atoms with van der Waals surface area (Å²) in [5, 5.41) is 3.25. The molecule has 1 N–H and O–H groups in total. The molecule has 1 aliphatic rings. The molecule has 104 valence electrons. The molecule has 0 amide bonds. The second-order valence-electron chi connectivity index (χ2n) is 4.57. The molecule has 6 heteroatoms. The van der Waals surface area contributed by atoms with Crippen LogP contribution >= 0.6 is 0 Å². The van der Waals surface area contributed by atoms with Gasteiger partial charge in [-0.15, -0.1) is 0 Å². The zero-order valence-corrected chi connectivity index (χ0v) is 11.2. The Bertz CT molecular complexity index is 542. The smallest absolute Gasteiger partial charge is 0.144 e. The van der Waals surface area contributed by atoms with E-state index in [0.717, 1.165) is 37.9 Å². The largest absolute Gasteiger partial charge is 0.378 e. The molecule has 3 rings (SSSR count). The number of rotatable bonds is 4. The second kappa shape index (κ2) is 6.29. The normalized spacial score (nSPS) is 15.1. The van der Waals surface area contributed by atoms with Crippen LogP contribution in [0, 0.1) is 0 Å². The molecule has 2 aromatic rings. The summed E-state index contributed by atoms with van der Waals surface area (Å²) in [5.74, 6) is 1.78. The van der Waals surface area contributed by atoms with E-state index in [2.05, 4.69) is 31.2 Å². The molecule has 0 atom stereocenters. The van der Waals surface area contributed by atoms with Crippen molar-refractivity contribution in [2.75, 3.05) is 36.5 Å². The van der Waals surface area contributed by atoms with Gasteiger partial charge in [0.05, 0.1) is 19.4 Å². The van der Waals surface area contributed by atoms with Crippen LogP contribution in [0.2, 0.25) is 0 Å². The molecule has 0 radical (unpaired) electrons. The first kappa shape index (κ1) is 12.8. The van der Waals surface area contributed by atoms with Crippen molar-refractivity contribution in [2.45, 2.75) is 6.54 Å². The number of morpholine rings is 1. The van der Waals surface area contributed by atoms with E-state index in [-0.39, 0.29) is 0 Å². The Labute approximate surface area is 117 Å². The maximum absolute atomic E-state index is 5.36. The average Bonchev–Trinajstić information content (AvgIpc) is 2.55. The van der Waals surface area contributed by atoms with E-state index in [4.69, 9.17) is 4.74 Å². The lowest BCUT2D eigenvalue weighted by Crippen LogP contribution is -2.36. The zero-order chi connectivity index (χ0) is 13.6. The SMILES string of the molecule is c1cnc(NCc2ccnc(N3CCOCC3)c2)cn1. The van der Waals surface area contributed by atoms with Crippen molar-refractivity contribution in [3.8, 4) is 0 Å². The van der Waals surface area contributed by atoms with Crippen molar-refractivity contribution in [3.63, 3.8) is 0 Å². The Morgan fingerprint density at radius 3 is 2.85 bits per heavy atom. The molecule has 0 aromatic carbocycles. The predicted octanol–water partition coefficient (Wildman–Crippen LogP) is 1.32. The molecule has 6 nitrogen and oxygen atoms in total. The molecular formula is C14H17N5O. The maximum atomic E-state index is 5.36. The van der Waals surface area contributed by atoms with E-state index in [1.807, 2.05) is 12.3 Å². The van der Waals surface area contributed by atoms with Gasteiger partial charge in [0.15, 0.2) is 0 Å². The summed E-state index contributed by atoms with van der Waals surface area (Å²) < 4.78 is 5.36. The summed E-state index contributed by atoms with van der Waals surface area (Å²) in [6.45, 7) is 4.04. The lowest BCUT2D eigenvalue weighted by atomic mass is 10.2. The second-order valence-corrected chi connectivity index (χ2v) is 4.57. The fourth-order valence-corrected chi connectivity index (χ4v) is 2.12. The van der Waals surface area contributed by atoms with Crippen LogP contribution in [0.5, 0.6) is 0 Å². The van der Waals surface area contributed by atoms with E-state index in [1.54, 1.807) is 18.6 Å². The summed E-state index contributed by atoms with van der Waals surface area (Å²) in [4.78, 5) is 14.9. The fourth-order valence-electron chi connectivity index (χ4n) is 2.12. The number of aromatic nitrogens is 3. The monoisotopic (exact) mass is 271 g/mol. The van der Waals surface area contributed by atoms with E-state index >= 15 is 0 Å². The number of hydrogen-bond acceptors (Lipinski definition) is 6. The van der Waals surface area contributed by atoms with Gasteiger partial charge < -0.3 is 15.0 Å². The molecule has 2 aromatic heterocycles. The van der Waals surface area contributed by atoms with Crippen LogP contribution in [0.15, 0.2) is 36.9 Å². The van der Waals surface area contributed by atoms with Crippen molar-refractivity contribution in [2.24, 2.45) is 0 Å². The summed E-state index contributed by atoms with van der Waals surface area (Å²) in [7, 11) is 0. The number of anilines is 2. The van der Waals surface area contributed by atoms with Crippen LogP contribution in [-0.4, -0.2) is 41.3 Å². The maximum Gasteiger partial charge on any atom is 0.144 e. The molecule has 0 spiro atoms. The van der Waals surface area contributed by atoms with Crippen molar-refractivity contribution >= 4 is 11.6 Å². The highest BCUT2D eigenvalue weighted by Gasteiger charge is 2.12. The Kier molecular flexibility index (Phi) is 4.03.